The summed E-state index contributed by atoms with van der Waals surface area (Å²) >= 11 is 5.83. The largest absolute Gasteiger partial charge is 0.449 e. The van der Waals surface area contributed by atoms with Gasteiger partial charge in [0.25, 0.3) is 0 Å². The zero-order valence-electron chi connectivity index (χ0n) is 13.5. The highest BCUT2D eigenvalue weighted by Gasteiger charge is 2.22. The van der Waals surface area contributed by atoms with E-state index in [1.54, 1.807) is 0 Å². The second-order valence-electron chi connectivity index (χ2n) is 5.53. The molecular formula is C19H12ClFO5. The third-order valence-corrected chi connectivity index (χ3v) is 3.91. The lowest BCUT2D eigenvalue weighted by Gasteiger charge is -2.12. The summed E-state index contributed by atoms with van der Waals surface area (Å²) in [5, 5.41) is 0.586. The van der Waals surface area contributed by atoms with Gasteiger partial charge >= 0.3 is 5.97 Å². The Morgan fingerprint density at radius 2 is 1.81 bits per heavy atom. The van der Waals surface area contributed by atoms with E-state index in [1.165, 1.54) is 37.3 Å². The molecule has 0 spiro atoms. The van der Waals surface area contributed by atoms with Crippen molar-refractivity contribution in [3.05, 3.63) is 80.9 Å². The van der Waals surface area contributed by atoms with Gasteiger partial charge in [-0.2, -0.15) is 0 Å². The van der Waals surface area contributed by atoms with Crippen molar-refractivity contribution >= 4 is 34.3 Å². The maximum absolute atomic E-state index is 12.9. The maximum Gasteiger partial charge on any atom is 0.375 e. The molecule has 5 nitrogen and oxygen atoms in total. The standard InChI is InChI=1S/C19H12ClFO5/c1-10(18(23)11-2-5-13(21)6-3-11)25-19(24)17-9-15(22)14-8-12(20)4-7-16(14)26-17/h2-10H,1H3/t10-/m1/s1. The van der Waals surface area contributed by atoms with E-state index in [2.05, 4.69) is 0 Å². The Kier molecular flexibility index (Phi) is 4.86. The van der Waals surface area contributed by atoms with Crippen LogP contribution >= 0.6 is 11.6 Å². The van der Waals surface area contributed by atoms with Crippen LogP contribution in [0.1, 0.15) is 27.8 Å². The molecule has 0 saturated carbocycles. The minimum Gasteiger partial charge on any atom is -0.449 e. The number of halogens is 2. The van der Waals surface area contributed by atoms with Crippen LogP contribution in [0.15, 0.2) is 57.7 Å². The van der Waals surface area contributed by atoms with Crippen LogP contribution in [0.4, 0.5) is 4.39 Å². The van der Waals surface area contributed by atoms with Crippen molar-refractivity contribution in [3.63, 3.8) is 0 Å². The molecule has 1 atom stereocenters. The number of esters is 1. The molecule has 0 aliphatic heterocycles. The lowest BCUT2D eigenvalue weighted by molar-refractivity contribution is 0.0289. The smallest absolute Gasteiger partial charge is 0.375 e. The van der Waals surface area contributed by atoms with Crippen LogP contribution in [-0.4, -0.2) is 17.9 Å². The monoisotopic (exact) mass is 374 g/mol. The summed E-state index contributed by atoms with van der Waals surface area (Å²) in [6.07, 6.45) is -1.14. The Balaban J connectivity index is 1.82. The summed E-state index contributed by atoms with van der Waals surface area (Å²) in [5.41, 5.74) is -0.0918. The van der Waals surface area contributed by atoms with Crippen LogP contribution in [0.25, 0.3) is 11.0 Å². The molecule has 2 aromatic carbocycles. The summed E-state index contributed by atoms with van der Waals surface area (Å²) < 4.78 is 23.4. The van der Waals surface area contributed by atoms with Crippen molar-refractivity contribution in [3.8, 4) is 0 Å². The number of ether oxygens (including phenoxy) is 1. The van der Waals surface area contributed by atoms with E-state index in [0.29, 0.717) is 5.02 Å². The van der Waals surface area contributed by atoms with Crippen LogP contribution in [0.3, 0.4) is 0 Å². The highest BCUT2D eigenvalue weighted by molar-refractivity contribution is 6.31. The molecule has 7 heteroatoms. The normalized spacial score (nSPS) is 12.0. The van der Waals surface area contributed by atoms with E-state index in [9.17, 15) is 18.8 Å². The van der Waals surface area contributed by atoms with Gasteiger partial charge in [-0.25, -0.2) is 9.18 Å². The van der Waals surface area contributed by atoms with Crippen molar-refractivity contribution < 1.29 is 23.1 Å². The van der Waals surface area contributed by atoms with E-state index in [-0.39, 0.29) is 22.3 Å². The Bertz CT molecular complexity index is 1060. The fourth-order valence-electron chi connectivity index (χ4n) is 2.35. The minimum absolute atomic E-state index is 0.173. The zero-order valence-corrected chi connectivity index (χ0v) is 14.2. The van der Waals surface area contributed by atoms with Crippen molar-refractivity contribution in [2.75, 3.05) is 0 Å². The number of fused-ring (bicyclic) bond motifs is 1. The third kappa shape index (κ3) is 3.65. The van der Waals surface area contributed by atoms with Crippen molar-refractivity contribution in [2.45, 2.75) is 13.0 Å². The predicted octanol–water partition coefficient (Wildman–Crippen LogP) is 4.01. The van der Waals surface area contributed by atoms with Crippen molar-refractivity contribution in [2.24, 2.45) is 0 Å². The van der Waals surface area contributed by atoms with Gasteiger partial charge in [0.1, 0.15) is 11.4 Å². The number of carbonyl (C=O) groups excluding carboxylic acids is 2. The Morgan fingerprint density at radius 1 is 1.12 bits per heavy atom. The van der Waals surface area contributed by atoms with E-state index < -0.39 is 29.1 Å². The Morgan fingerprint density at radius 3 is 2.50 bits per heavy atom. The van der Waals surface area contributed by atoms with Crippen molar-refractivity contribution in [1.29, 1.82) is 0 Å². The van der Waals surface area contributed by atoms with Gasteiger partial charge in [-0.05, 0) is 49.4 Å². The van der Waals surface area contributed by atoms with Gasteiger partial charge in [-0.1, -0.05) is 11.6 Å². The van der Waals surface area contributed by atoms with E-state index in [1.807, 2.05) is 0 Å². The number of rotatable bonds is 4. The molecule has 0 saturated heterocycles. The van der Waals surface area contributed by atoms with Crippen LogP contribution in [0.5, 0.6) is 0 Å². The first-order chi connectivity index (χ1) is 12.3. The van der Waals surface area contributed by atoms with Crippen molar-refractivity contribution in [1.82, 2.24) is 0 Å². The van der Waals surface area contributed by atoms with Gasteiger partial charge in [0.15, 0.2) is 11.5 Å². The first kappa shape index (κ1) is 17.8. The molecule has 0 aliphatic carbocycles. The molecule has 0 radical (unpaired) electrons. The fourth-order valence-corrected chi connectivity index (χ4v) is 2.52. The molecule has 1 heterocycles. The summed E-state index contributed by atoms with van der Waals surface area (Å²) in [6, 6.07) is 10.2. The van der Waals surface area contributed by atoms with Crippen LogP contribution in [0.2, 0.25) is 5.02 Å². The number of hydrogen-bond donors (Lipinski definition) is 0. The number of benzene rings is 2. The van der Waals surface area contributed by atoms with Gasteiger partial charge in [0.05, 0.1) is 5.39 Å². The van der Waals surface area contributed by atoms with E-state index in [0.717, 1.165) is 18.2 Å². The molecule has 0 aliphatic rings. The highest BCUT2D eigenvalue weighted by atomic mass is 35.5. The molecule has 0 fully saturated rings. The Labute approximate surface area is 152 Å². The molecule has 0 N–H and O–H groups in total. The molecule has 0 amide bonds. The van der Waals surface area contributed by atoms with Crippen LogP contribution < -0.4 is 5.43 Å². The van der Waals surface area contributed by atoms with Gasteiger partial charge in [-0.3, -0.25) is 9.59 Å². The van der Waals surface area contributed by atoms with Crippen LogP contribution in [0, 0.1) is 5.82 Å². The molecule has 3 aromatic rings. The number of carbonyl (C=O) groups is 2. The lowest BCUT2D eigenvalue weighted by Crippen LogP contribution is -2.25. The average Bonchev–Trinajstić information content (AvgIpc) is 2.62. The van der Waals surface area contributed by atoms with Gasteiger partial charge in [0, 0.05) is 16.7 Å². The number of Topliss-reactive ketones (excluding diaryl/α,β-unsaturated/α-hetero) is 1. The predicted molar refractivity (Wildman–Crippen MR) is 93.1 cm³/mol. The summed E-state index contributed by atoms with van der Waals surface area (Å²) in [5.74, 6) is -2.28. The molecule has 0 bridgehead atoms. The molecule has 132 valence electrons. The second kappa shape index (κ2) is 7.09. The summed E-state index contributed by atoms with van der Waals surface area (Å²) in [6.45, 7) is 1.38. The fraction of sp³-hybridized carbons (Fsp3) is 0.105. The first-order valence-corrected chi connectivity index (χ1v) is 7.97. The van der Waals surface area contributed by atoms with E-state index in [4.69, 9.17) is 20.8 Å². The first-order valence-electron chi connectivity index (χ1n) is 7.59. The third-order valence-electron chi connectivity index (χ3n) is 3.67. The Hall–Kier alpha value is -2.99. The van der Waals surface area contributed by atoms with Gasteiger partial charge < -0.3 is 9.15 Å². The van der Waals surface area contributed by atoms with Gasteiger partial charge in [0.2, 0.25) is 11.5 Å². The number of hydrogen-bond acceptors (Lipinski definition) is 5. The lowest BCUT2D eigenvalue weighted by atomic mass is 10.1. The van der Waals surface area contributed by atoms with Crippen LogP contribution in [-0.2, 0) is 4.74 Å². The zero-order chi connectivity index (χ0) is 18.8. The quantitative estimate of drug-likeness (QED) is 0.509. The topological polar surface area (TPSA) is 73.6 Å². The molecule has 0 unspecified atom stereocenters. The van der Waals surface area contributed by atoms with Gasteiger partial charge in [-0.15, -0.1) is 0 Å². The molecule has 3 rings (SSSR count). The van der Waals surface area contributed by atoms with E-state index >= 15 is 0 Å². The maximum atomic E-state index is 12.9. The molecule has 26 heavy (non-hydrogen) atoms. The number of ketones is 1. The minimum atomic E-state index is -1.14. The molecular weight excluding hydrogens is 363 g/mol. The highest BCUT2D eigenvalue weighted by Crippen LogP contribution is 2.18. The average molecular weight is 375 g/mol. The summed E-state index contributed by atoms with van der Waals surface area (Å²) in [4.78, 5) is 36.5. The SMILES string of the molecule is C[C@@H](OC(=O)c1cc(=O)c2cc(Cl)ccc2o1)C(=O)c1ccc(F)cc1. The molecule has 1 aromatic heterocycles. The summed E-state index contributed by atoms with van der Waals surface area (Å²) in [7, 11) is 0. The second-order valence-corrected chi connectivity index (χ2v) is 5.97.